The zero-order valence-electron chi connectivity index (χ0n) is 13.2. The second-order valence-electron chi connectivity index (χ2n) is 5.09. The van der Waals surface area contributed by atoms with Gasteiger partial charge < -0.3 is 5.32 Å². The Labute approximate surface area is 150 Å². The number of nitro benzene ring substituents is 1. The number of hydrogen-bond acceptors (Lipinski definition) is 5. The van der Waals surface area contributed by atoms with Gasteiger partial charge in [0, 0.05) is 12.1 Å². The van der Waals surface area contributed by atoms with Crippen LogP contribution < -0.4 is 15.6 Å². The maximum atomic E-state index is 12.2. The fourth-order valence-corrected chi connectivity index (χ4v) is 3.17. The number of nitro groups is 1. The van der Waals surface area contributed by atoms with E-state index in [2.05, 4.69) is 15.6 Å². The third kappa shape index (κ3) is 5.21. The molecule has 2 aromatic carbocycles. The van der Waals surface area contributed by atoms with Gasteiger partial charge in [-0.2, -0.15) is 0 Å². The average molecular weight is 380 g/mol. The van der Waals surface area contributed by atoms with E-state index >= 15 is 0 Å². The molecule has 3 N–H and O–H groups in total. The molecule has 25 heavy (non-hydrogen) atoms. The Morgan fingerprint density at radius 1 is 1.16 bits per heavy atom. The van der Waals surface area contributed by atoms with Crippen LogP contribution in [0.3, 0.4) is 0 Å². The van der Waals surface area contributed by atoms with Crippen LogP contribution in [0.2, 0.25) is 0 Å². The molecule has 0 saturated heterocycles. The Balaban J connectivity index is 1.98. The lowest BCUT2D eigenvalue weighted by atomic mass is 10.1. The Morgan fingerprint density at radius 2 is 1.84 bits per heavy atom. The summed E-state index contributed by atoms with van der Waals surface area (Å²) >= 11 is 5.06. The predicted molar refractivity (Wildman–Crippen MR) is 97.1 cm³/mol. The topological polar surface area (TPSA) is 113 Å². The average Bonchev–Trinajstić information content (AvgIpc) is 2.61. The van der Waals surface area contributed by atoms with E-state index in [1.165, 1.54) is 18.2 Å². The molecule has 0 amide bonds. The first kappa shape index (κ1) is 18.8. The molecule has 0 aliphatic carbocycles. The van der Waals surface area contributed by atoms with E-state index in [-0.39, 0.29) is 21.7 Å². The van der Waals surface area contributed by atoms with Crippen LogP contribution in [0.25, 0.3) is 0 Å². The second kappa shape index (κ2) is 8.01. The third-order valence-corrected chi connectivity index (χ3v) is 4.75. The van der Waals surface area contributed by atoms with E-state index < -0.39 is 14.9 Å². The molecule has 0 spiro atoms. The van der Waals surface area contributed by atoms with Crippen molar-refractivity contribution in [3.05, 3.63) is 70.3 Å². The summed E-state index contributed by atoms with van der Waals surface area (Å²) < 4.78 is 24.4. The lowest BCUT2D eigenvalue weighted by molar-refractivity contribution is -0.385. The van der Waals surface area contributed by atoms with Crippen molar-refractivity contribution in [3.8, 4) is 0 Å². The molecule has 0 aliphatic heterocycles. The monoisotopic (exact) mass is 380 g/mol. The largest absolute Gasteiger partial charge is 0.355 e. The molecular formula is C15H16N4O4S2. The highest BCUT2D eigenvalue weighted by atomic mass is 32.2. The van der Waals surface area contributed by atoms with Gasteiger partial charge in [0.1, 0.15) is 0 Å². The van der Waals surface area contributed by atoms with Crippen molar-refractivity contribution < 1.29 is 13.3 Å². The minimum absolute atomic E-state index is 0.0744. The SMILES string of the molecule is C[C@@H](NC(=S)NNS(=O)(=O)c1cccc([N+](=O)[O-])c1)c1ccccc1. The van der Waals surface area contributed by atoms with Gasteiger partial charge >= 0.3 is 0 Å². The van der Waals surface area contributed by atoms with Crippen LogP contribution in [-0.2, 0) is 10.0 Å². The Bertz CT molecular complexity index is 872. The minimum atomic E-state index is -4.00. The van der Waals surface area contributed by atoms with Crippen LogP contribution in [0.5, 0.6) is 0 Å². The zero-order chi connectivity index (χ0) is 18.4. The van der Waals surface area contributed by atoms with Crippen molar-refractivity contribution in [2.24, 2.45) is 0 Å². The number of hydrogen-bond donors (Lipinski definition) is 3. The van der Waals surface area contributed by atoms with Crippen molar-refractivity contribution in [1.29, 1.82) is 0 Å². The van der Waals surface area contributed by atoms with Gasteiger partial charge in [-0.1, -0.05) is 36.4 Å². The minimum Gasteiger partial charge on any atom is -0.355 e. The molecule has 0 aromatic heterocycles. The summed E-state index contributed by atoms with van der Waals surface area (Å²) in [6.07, 6.45) is 0. The van der Waals surface area contributed by atoms with Gasteiger partial charge in [-0.3, -0.25) is 15.5 Å². The smallest absolute Gasteiger partial charge is 0.270 e. The number of nitrogens with zero attached hydrogens (tertiary/aromatic N) is 1. The molecule has 10 heteroatoms. The number of hydrazine groups is 1. The molecule has 0 unspecified atom stereocenters. The lowest BCUT2D eigenvalue weighted by Gasteiger charge is -2.17. The van der Waals surface area contributed by atoms with E-state index in [4.69, 9.17) is 12.2 Å². The number of thiocarbonyl (C=S) groups is 1. The van der Waals surface area contributed by atoms with Crippen molar-refractivity contribution in [2.75, 3.05) is 0 Å². The quantitative estimate of drug-likeness (QED) is 0.399. The summed E-state index contributed by atoms with van der Waals surface area (Å²) in [4.78, 5) is 11.9. The van der Waals surface area contributed by atoms with Crippen molar-refractivity contribution >= 4 is 33.0 Å². The van der Waals surface area contributed by atoms with E-state index in [9.17, 15) is 18.5 Å². The number of nitrogens with one attached hydrogen (secondary N) is 3. The van der Waals surface area contributed by atoms with Crippen molar-refractivity contribution in [2.45, 2.75) is 17.9 Å². The molecule has 8 nitrogen and oxygen atoms in total. The van der Waals surface area contributed by atoms with Crippen LogP contribution in [-0.4, -0.2) is 18.5 Å². The molecular weight excluding hydrogens is 364 g/mol. The molecule has 0 fully saturated rings. The molecule has 1 atom stereocenters. The van der Waals surface area contributed by atoms with E-state index in [0.29, 0.717) is 0 Å². The summed E-state index contributed by atoms with van der Waals surface area (Å²) in [7, 11) is -4.00. The number of rotatable bonds is 6. The van der Waals surface area contributed by atoms with Gasteiger partial charge in [-0.05, 0) is 30.8 Å². The predicted octanol–water partition coefficient (Wildman–Crippen LogP) is 2.01. The Morgan fingerprint density at radius 3 is 2.48 bits per heavy atom. The van der Waals surface area contributed by atoms with Gasteiger partial charge in [0.2, 0.25) is 0 Å². The van der Waals surface area contributed by atoms with Crippen LogP contribution >= 0.6 is 12.2 Å². The van der Waals surface area contributed by atoms with Gasteiger partial charge in [0.05, 0.1) is 15.9 Å². The normalized spacial score (nSPS) is 12.2. The molecule has 0 aliphatic rings. The standard InChI is InChI=1S/C15H16N4O4S2/c1-11(12-6-3-2-4-7-12)16-15(24)17-18-25(22,23)14-9-5-8-13(10-14)19(20)21/h2-11,18H,1H3,(H2,16,17,24)/t11-/m1/s1. The highest BCUT2D eigenvalue weighted by Crippen LogP contribution is 2.16. The fourth-order valence-electron chi connectivity index (χ4n) is 1.99. The van der Waals surface area contributed by atoms with Crippen molar-refractivity contribution in [1.82, 2.24) is 15.6 Å². The third-order valence-electron chi connectivity index (χ3n) is 3.28. The summed E-state index contributed by atoms with van der Waals surface area (Å²) in [5.41, 5.74) is 3.04. The maximum absolute atomic E-state index is 12.2. The first-order valence-corrected chi connectivity index (χ1v) is 9.06. The first-order valence-electron chi connectivity index (χ1n) is 7.17. The van der Waals surface area contributed by atoms with Crippen molar-refractivity contribution in [3.63, 3.8) is 0 Å². The summed E-state index contributed by atoms with van der Waals surface area (Å²) in [6, 6.07) is 14.1. The molecule has 2 rings (SSSR count). The molecule has 0 heterocycles. The highest BCUT2D eigenvalue weighted by Gasteiger charge is 2.18. The molecule has 0 saturated carbocycles. The number of sulfonamides is 1. The van der Waals surface area contributed by atoms with E-state index in [1.807, 2.05) is 37.3 Å². The zero-order valence-corrected chi connectivity index (χ0v) is 14.8. The van der Waals surface area contributed by atoms with Crippen LogP contribution in [0.15, 0.2) is 59.5 Å². The highest BCUT2D eigenvalue weighted by molar-refractivity contribution is 7.89. The van der Waals surface area contributed by atoms with Gasteiger partial charge in [-0.25, -0.2) is 8.42 Å². The summed E-state index contributed by atoms with van der Waals surface area (Å²) in [6.45, 7) is 1.87. The second-order valence-corrected chi connectivity index (χ2v) is 7.18. The Kier molecular flexibility index (Phi) is 6.02. The van der Waals surface area contributed by atoms with E-state index in [0.717, 1.165) is 11.6 Å². The van der Waals surface area contributed by atoms with Crippen LogP contribution in [0.1, 0.15) is 18.5 Å². The molecule has 0 bridgehead atoms. The van der Waals surface area contributed by atoms with Gasteiger partial charge in [0.25, 0.3) is 15.7 Å². The summed E-state index contributed by atoms with van der Waals surface area (Å²) in [5.74, 6) is 0. The number of benzene rings is 2. The number of non-ortho nitro benzene ring substituents is 1. The lowest BCUT2D eigenvalue weighted by Crippen LogP contribution is -2.47. The Hall–Kier alpha value is -2.56. The fraction of sp³-hybridized carbons (Fsp3) is 0.133. The van der Waals surface area contributed by atoms with E-state index in [1.54, 1.807) is 0 Å². The van der Waals surface area contributed by atoms with Gasteiger partial charge in [0.15, 0.2) is 5.11 Å². The van der Waals surface area contributed by atoms with Crippen LogP contribution in [0, 0.1) is 10.1 Å². The molecule has 2 aromatic rings. The first-order chi connectivity index (χ1) is 11.8. The summed E-state index contributed by atoms with van der Waals surface area (Å²) in [5, 5.41) is 13.8. The maximum Gasteiger partial charge on any atom is 0.270 e. The van der Waals surface area contributed by atoms with Crippen LogP contribution in [0.4, 0.5) is 5.69 Å². The van der Waals surface area contributed by atoms with Gasteiger partial charge in [-0.15, -0.1) is 4.83 Å². The molecule has 132 valence electrons. The molecule has 0 radical (unpaired) electrons.